The standard InChI is InChI=1S/C17H26N6O2.C2HF3O2/c1-4-23-9-13(7-20-23)8-22-10-14(17(24)18-5-6-25-3)16-15(11-22)19-12-21(16)2;3-2(4,5)1(6)7/h7,9,12,14H,4-6,8,10-11H2,1-3H3,(H,18,24);(H,6,7). The Labute approximate surface area is 183 Å². The Balaban J connectivity index is 0.000000451. The maximum atomic E-state index is 12.7. The Bertz CT molecular complexity index is 911. The fraction of sp³-hybridized carbons (Fsp3) is 0.579. The smallest absolute Gasteiger partial charge is 0.475 e. The van der Waals surface area contributed by atoms with Gasteiger partial charge in [0.2, 0.25) is 5.91 Å². The van der Waals surface area contributed by atoms with Crippen molar-refractivity contribution in [3.63, 3.8) is 0 Å². The number of halogens is 3. The van der Waals surface area contributed by atoms with Crippen LogP contribution in [0, 0.1) is 0 Å². The van der Waals surface area contributed by atoms with E-state index in [9.17, 15) is 18.0 Å². The van der Waals surface area contributed by atoms with Crippen molar-refractivity contribution in [3.8, 4) is 0 Å². The molecule has 2 N–H and O–H groups in total. The molecule has 0 radical (unpaired) electrons. The number of alkyl halides is 3. The molecule has 32 heavy (non-hydrogen) atoms. The number of nitrogens with zero attached hydrogens (tertiary/aromatic N) is 5. The quantitative estimate of drug-likeness (QED) is 0.596. The van der Waals surface area contributed by atoms with Crippen molar-refractivity contribution in [2.24, 2.45) is 7.05 Å². The van der Waals surface area contributed by atoms with Gasteiger partial charge in [0.1, 0.15) is 0 Å². The number of amides is 1. The van der Waals surface area contributed by atoms with Crippen molar-refractivity contribution in [2.75, 3.05) is 26.8 Å². The summed E-state index contributed by atoms with van der Waals surface area (Å²) in [5.74, 6) is -2.96. The van der Waals surface area contributed by atoms with Gasteiger partial charge in [-0.1, -0.05) is 0 Å². The van der Waals surface area contributed by atoms with Crippen LogP contribution in [0.5, 0.6) is 0 Å². The summed E-state index contributed by atoms with van der Waals surface area (Å²) in [5.41, 5.74) is 3.14. The van der Waals surface area contributed by atoms with Crippen molar-refractivity contribution in [1.29, 1.82) is 0 Å². The van der Waals surface area contributed by atoms with Crippen LogP contribution in [0.15, 0.2) is 18.7 Å². The van der Waals surface area contributed by atoms with Gasteiger partial charge in [-0.3, -0.25) is 14.4 Å². The first kappa shape index (κ1) is 25.3. The summed E-state index contributed by atoms with van der Waals surface area (Å²) in [4.78, 5) is 28.3. The minimum atomic E-state index is -5.08. The molecule has 1 aliphatic heterocycles. The highest BCUT2D eigenvalue weighted by Crippen LogP contribution is 2.28. The Kier molecular flexibility index (Phi) is 8.78. The lowest BCUT2D eigenvalue weighted by molar-refractivity contribution is -0.192. The molecular formula is C19H27F3N6O4. The molecule has 0 aliphatic carbocycles. The Morgan fingerprint density at radius 2 is 2.06 bits per heavy atom. The maximum Gasteiger partial charge on any atom is 0.490 e. The van der Waals surface area contributed by atoms with E-state index in [1.165, 1.54) is 0 Å². The molecule has 1 aliphatic rings. The molecule has 2 aromatic heterocycles. The van der Waals surface area contributed by atoms with Crippen molar-refractivity contribution in [3.05, 3.63) is 35.7 Å². The molecule has 0 aromatic carbocycles. The Morgan fingerprint density at radius 1 is 1.38 bits per heavy atom. The van der Waals surface area contributed by atoms with E-state index in [0.29, 0.717) is 19.7 Å². The monoisotopic (exact) mass is 460 g/mol. The highest BCUT2D eigenvalue weighted by Gasteiger charge is 2.38. The molecule has 13 heteroatoms. The van der Waals surface area contributed by atoms with Crippen LogP contribution in [0.1, 0.15) is 29.8 Å². The van der Waals surface area contributed by atoms with Crippen LogP contribution in [-0.4, -0.2) is 74.2 Å². The second kappa shape index (κ2) is 11.1. The van der Waals surface area contributed by atoms with E-state index in [4.69, 9.17) is 14.6 Å². The van der Waals surface area contributed by atoms with E-state index in [-0.39, 0.29) is 11.8 Å². The summed E-state index contributed by atoms with van der Waals surface area (Å²) >= 11 is 0. The van der Waals surface area contributed by atoms with Crippen LogP contribution in [0.2, 0.25) is 0 Å². The van der Waals surface area contributed by atoms with Crippen molar-refractivity contribution >= 4 is 11.9 Å². The molecule has 178 valence electrons. The second-order valence-corrected chi connectivity index (χ2v) is 7.20. The first-order valence-electron chi connectivity index (χ1n) is 9.87. The fourth-order valence-electron chi connectivity index (χ4n) is 3.32. The van der Waals surface area contributed by atoms with E-state index < -0.39 is 12.1 Å². The zero-order valence-corrected chi connectivity index (χ0v) is 18.1. The van der Waals surface area contributed by atoms with Crippen LogP contribution < -0.4 is 5.32 Å². The van der Waals surface area contributed by atoms with Gasteiger partial charge in [-0.15, -0.1) is 0 Å². The molecule has 10 nitrogen and oxygen atoms in total. The number of aryl methyl sites for hydroxylation is 2. The fourth-order valence-corrected chi connectivity index (χ4v) is 3.32. The number of nitrogens with one attached hydrogen (secondary N) is 1. The summed E-state index contributed by atoms with van der Waals surface area (Å²) in [6.07, 6.45) is 0.658. The predicted molar refractivity (Wildman–Crippen MR) is 107 cm³/mol. The molecule has 0 fully saturated rings. The third-order valence-electron chi connectivity index (χ3n) is 4.79. The van der Waals surface area contributed by atoms with Gasteiger partial charge in [-0.25, -0.2) is 9.78 Å². The third kappa shape index (κ3) is 6.79. The van der Waals surface area contributed by atoms with E-state index in [1.54, 1.807) is 13.4 Å². The highest BCUT2D eigenvalue weighted by molar-refractivity contribution is 5.84. The van der Waals surface area contributed by atoms with E-state index in [2.05, 4.69) is 33.4 Å². The number of hydrogen-bond donors (Lipinski definition) is 2. The number of carboxylic acids is 1. The van der Waals surface area contributed by atoms with Gasteiger partial charge in [-0.05, 0) is 6.92 Å². The normalized spacial score (nSPS) is 16.1. The van der Waals surface area contributed by atoms with Crippen LogP contribution in [-0.2, 0) is 41.0 Å². The minimum absolute atomic E-state index is 0.0239. The molecule has 0 spiro atoms. The van der Waals surface area contributed by atoms with Crippen molar-refractivity contribution in [2.45, 2.75) is 38.7 Å². The summed E-state index contributed by atoms with van der Waals surface area (Å²) in [5, 5.41) is 14.4. The van der Waals surface area contributed by atoms with E-state index in [0.717, 1.165) is 36.6 Å². The minimum Gasteiger partial charge on any atom is -0.475 e. The third-order valence-corrected chi connectivity index (χ3v) is 4.79. The zero-order chi connectivity index (χ0) is 23.9. The molecule has 1 amide bonds. The number of methoxy groups -OCH3 is 1. The molecule has 0 saturated carbocycles. The topological polar surface area (TPSA) is 115 Å². The lowest BCUT2D eigenvalue weighted by atomic mass is 9.97. The molecule has 1 atom stereocenters. The number of ether oxygens (including phenoxy) is 1. The SMILES string of the molecule is CCn1cc(CN2Cc3ncn(C)c3C(C(=O)NCCOC)C2)cn1.O=C(O)C(F)(F)F. The number of carboxylic acid groups (broad SMARTS) is 1. The van der Waals surface area contributed by atoms with Crippen LogP contribution in [0.3, 0.4) is 0 Å². The Morgan fingerprint density at radius 3 is 2.62 bits per heavy atom. The molecule has 2 aromatic rings. The summed E-state index contributed by atoms with van der Waals surface area (Å²) in [6, 6.07) is 0. The molecular weight excluding hydrogens is 433 g/mol. The zero-order valence-electron chi connectivity index (χ0n) is 18.1. The van der Waals surface area contributed by atoms with Crippen LogP contribution >= 0.6 is 0 Å². The lowest BCUT2D eigenvalue weighted by Crippen LogP contribution is -2.42. The first-order chi connectivity index (χ1) is 15.1. The number of carbonyl (C=O) groups excluding carboxylic acids is 1. The van der Waals surface area contributed by atoms with Gasteiger partial charge in [-0.2, -0.15) is 18.3 Å². The summed E-state index contributed by atoms with van der Waals surface area (Å²) < 4.78 is 40.6. The van der Waals surface area contributed by atoms with Crippen molar-refractivity contribution < 1.29 is 32.6 Å². The molecule has 0 bridgehead atoms. The molecule has 3 rings (SSSR count). The average molecular weight is 460 g/mol. The van der Waals surface area contributed by atoms with Gasteiger partial charge in [0.05, 0.1) is 36.4 Å². The number of rotatable bonds is 7. The summed E-state index contributed by atoms with van der Waals surface area (Å²) in [6.45, 7) is 6.13. The molecule has 3 heterocycles. The van der Waals surface area contributed by atoms with Gasteiger partial charge in [0.25, 0.3) is 0 Å². The van der Waals surface area contributed by atoms with Gasteiger partial charge >= 0.3 is 12.1 Å². The largest absolute Gasteiger partial charge is 0.490 e. The van der Waals surface area contributed by atoms with E-state index in [1.807, 2.05) is 22.5 Å². The number of hydrogen-bond acceptors (Lipinski definition) is 6. The lowest BCUT2D eigenvalue weighted by Gasteiger charge is -2.32. The predicted octanol–water partition coefficient (Wildman–Crippen LogP) is 1.13. The number of aromatic nitrogens is 4. The van der Waals surface area contributed by atoms with Gasteiger partial charge in [0, 0.05) is 58.6 Å². The first-order valence-corrected chi connectivity index (χ1v) is 9.87. The number of aliphatic carboxylic acids is 1. The Hall–Kier alpha value is -2.93. The van der Waals surface area contributed by atoms with E-state index >= 15 is 0 Å². The second-order valence-electron chi connectivity index (χ2n) is 7.20. The van der Waals surface area contributed by atoms with Gasteiger partial charge < -0.3 is 19.7 Å². The maximum absolute atomic E-state index is 12.7. The molecule has 1 unspecified atom stereocenters. The number of imidazole rings is 1. The number of fused-ring (bicyclic) bond motifs is 1. The number of carbonyl (C=O) groups is 2. The molecule has 0 saturated heterocycles. The highest BCUT2D eigenvalue weighted by atomic mass is 19.4. The van der Waals surface area contributed by atoms with Crippen molar-refractivity contribution in [1.82, 2.24) is 29.5 Å². The van der Waals surface area contributed by atoms with Gasteiger partial charge in [0.15, 0.2) is 0 Å². The van der Waals surface area contributed by atoms with Crippen LogP contribution in [0.25, 0.3) is 0 Å². The average Bonchev–Trinajstić information content (AvgIpc) is 3.34. The summed E-state index contributed by atoms with van der Waals surface area (Å²) in [7, 11) is 3.58. The van der Waals surface area contributed by atoms with Crippen LogP contribution in [0.4, 0.5) is 13.2 Å².